The summed E-state index contributed by atoms with van der Waals surface area (Å²) in [6.45, 7) is 8.20. The van der Waals surface area contributed by atoms with Crippen molar-refractivity contribution in [3.05, 3.63) is 0 Å². The van der Waals surface area contributed by atoms with Crippen LogP contribution in [0.2, 0.25) is 0 Å². The monoisotopic (exact) mass is 238 g/mol. The van der Waals surface area contributed by atoms with Crippen LogP contribution in [0.4, 0.5) is 0 Å². The third-order valence-corrected chi connectivity index (χ3v) is 4.36. The highest BCUT2D eigenvalue weighted by molar-refractivity contribution is 5.80. The summed E-state index contributed by atoms with van der Waals surface area (Å²) < 4.78 is 0. The Bertz CT molecular complexity index is 282. The number of amides is 1. The Morgan fingerprint density at radius 1 is 1.35 bits per heavy atom. The first-order valence-corrected chi connectivity index (χ1v) is 7.05. The minimum Gasteiger partial charge on any atom is -0.325 e. The van der Waals surface area contributed by atoms with E-state index in [2.05, 4.69) is 31.0 Å². The summed E-state index contributed by atoms with van der Waals surface area (Å²) in [5.74, 6) is 0.782. The highest BCUT2D eigenvalue weighted by Gasteiger charge is 2.38. The van der Waals surface area contributed by atoms with Crippen molar-refractivity contribution in [2.24, 2.45) is 11.3 Å². The zero-order valence-electron chi connectivity index (χ0n) is 11.5. The quantitative estimate of drug-likeness (QED) is 0.818. The maximum Gasteiger partial charge on any atom is 0.237 e. The summed E-state index contributed by atoms with van der Waals surface area (Å²) in [7, 11) is 0. The van der Waals surface area contributed by atoms with Crippen molar-refractivity contribution in [3.63, 3.8) is 0 Å². The van der Waals surface area contributed by atoms with Crippen LogP contribution in [-0.4, -0.2) is 30.1 Å². The van der Waals surface area contributed by atoms with Crippen LogP contribution in [0, 0.1) is 11.3 Å². The zero-order chi connectivity index (χ0) is 12.5. The Labute approximate surface area is 105 Å². The molecule has 98 valence electrons. The van der Waals surface area contributed by atoms with E-state index < -0.39 is 0 Å². The number of carbonyl (C=O) groups is 1. The van der Waals surface area contributed by atoms with E-state index in [1.54, 1.807) is 0 Å². The molecule has 1 unspecified atom stereocenters. The van der Waals surface area contributed by atoms with Crippen molar-refractivity contribution in [2.75, 3.05) is 13.1 Å². The van der Waals surface area contributed by atoms with Crippen molar-refractivity contribution < 1.29 is 4.79 Å². The number of nitrogens with zero attached hydrogens (tertiary/aromatic N) is 1. The van der Waals surface area contributed by atoms with Gasteiger partial charge in [-0.1, -0.05) is 40.0 Å². The molecule has 17 heavy (non-hydrogen) atoms. The van der Waals surface area contributed by atoms with Gasteiger partial charge in [0, 0.05) is 6.54 Å². The maximum atomic E-state index is 12.0. The maximum absolute atomic E-state index is 12.0. The van der Waals surface area contributed by atoms with E-state index in [9.17, 15) is 4.79 Å². The normalized spacial score (nSPS) is 29.1. The molecule has 0 bridgehead atoms. The fraction of sp³-hybridized carbons (Fsp3) is 0.929. The molecule has 1 amide bonds. The lowest BCUT2D eigenvalue weighted by Gasteiger charge is -2.39. The van der Waals surface area contributed by atoms with Crippen molar-refractivity contribution >= 4 is 5.91 Å². The average Bonchev–Trinajstić information content (AvgIpc) is 2.61. The minimum atomic E-state index is 0.251. The van der Waals surface area contributed by atoms with E-state index >= 15 is 0 Å². The molecule has 1 saturated carbocycles. The summed E-state index contributed by atoms with van der Waals surface area (Å²) >= 11 is 0. The van der Waals surface area contributed by atoms with E-state index in [1.165, 1.54) is 32.1 Å². The lowest BCUT2D eigenvalue weighted by molar-refractivity contribution is -0.130. The topological polar surface area (TPSA) is 32.3 Å². The molecule has 2 aliphatic rings. The lowest BCUT2D eigenvalue weighted by Crippen LogP contribution is -2.46. The largest absolute Gasteiger partial charge is 0.325 e. The van der Waals surface area contributed by atoms with Gasteiger partial charge in [-0.2, -0.15) is 0 Å². The second-order valence-corrected chi connectivity index (χ2v) is 6.46. The van der Waals surface area contributed by atoms with E-state index in [0.717, 1.165) is 6.54 Å². The van der Waals surface area contributed by atoms with Crippen LogP contribution >= 0.6 is 0 Å². The second-order valence-electron chi connectivity index (χ2n) is 6.46. The summed E-state index contributed by atoms with van der Waals surface area (Å²) in [5.41, 5.74) is 0.354. The van der Waals surface area contributed by atoms with Crippen LogP contribution in [-0.2, 0) is 4.79 Å². The fourth-order valence-corrected chi connectivity index (χ4v) is 3.32. The van der Waals surface area contributed by atoms with Gasteiger partial charge in [-0.15, -0.1) is 0 Å². The minimum absolute atomic E-state index is 0.251. The van der Waals surface area contributed by atoms with Gasteiger partial charge in [0.2, 0.25) is 5.91 Å². The van der Waals surface area contributed by atoms with Crippen molar-refractivity contribution in [2.45, 2.75) is 59.0 Å². The van der Waals surface area contributed by atoms with Gasteiger partial charge in [0.25, 0.3) is 0 Å². The molecule has 2 fully saturated rings. The Balaban J connectivity index is 2.02. The smallest absolute Gasteiger partial charge is 0.237 e. The molecule has 1 aliphatic carbocycles. The van der Waals surface area contributed by atoms with Gasteiger partial charge < -0.3 is 4.90 Å². The molecule has 3 nitrogen and oxygen atoms in total. The summed E-state index contributed by atoms with van der Waals surface area (Å²) in [4.78, 5) is 14.1. The van der Waals surface area contributed by atoms with E-state index in [4.69, 9.17) is 0 Å². The Hall–Kier alpha value is -0.570. The van der Waals surface area contributed by atoms with Crippen molar-refractivity contribution in [3.8, 4) is 0 Å². The molecule has 1 atom stereocenters. The summed E-state index contributed by atoms with van der Waals surface area (Å²) in [6, 6.07) is 0. The molecular formula is C14H26N2O. The number of rotatable bonds is 3. The zero-order valence-corrected chi connectivity index (χ0v) is 11.5. The second kappa shape index (κ2) is 4.97. The van der Waals surface area contributed by atoms with E-state index in [1.807, 2.05) is 0 Å². The third kappa shape index (κ3) is 2.82. The predicted molar refractivity (Wildman–Crippen MR) is 69.5 cm³/mol. The SMILES string of the molecule is CC(C)C1NCC(=O)N1CC1(C)CCCCC1. The van der Waals surface area contributed by atoms with E-state index in [-0.39, 0.29) is 12.1 Å². The Morgan fingerprint density at radius 2 is 2.00 bits per heavy atom. The van der Waals surface area contributed by atoms with Gasteiger partial charge in [0.15, 0.2) is 0 Å². The Kier molecular flexibility index (Phi) is 3.76. The molecule has 1 N–H and O–H groups in total. The average molecular weight is 238 g/mol. The molecular weight excluding hydrogens is 212 g/mol. The Morgan fingerprint density at radius 3 is 2.59 bits per heavy atom. The van der Waals surface area contributed by atoms with Crippen LogP contribution in [0.1, 0.15) is 52.9 Å². The van der Waals surface area contributed by atoms with Crippen LogP contribution in [0.5, 0.6) is 0 Å². The van der Waals surface area contributed by atoms with Crippen LogP contribution in [0.25, 0.3) is 0 Å². The van der Waals surface area contributed by atoms with Crippen LogP contribution in [0.3, 0.4) is 0 Å². The molecule has 0 aromatic rings. The summed E-state index contributed by atoms with van der Waals surface area (Å²) in [5, 5.41) is 3.34. The highest BCUT2D eigenvalue weighted by Crippen LogP contribution is 2.37. The number of hydrogen-bond donors (Lipinski definition) is 1. The first kappa shape index (κ1) is 12.9. The van der Waals surface area contributed by atoms with E-state index in [0.29, 0.717) is 17.9 Å². The van der Waals surface area contributed by atoms with Gasteiger partial charge in [-0.25, -0.2) is 0 Å². The molecule has 1 heterocycles. The molecule has 0 spiro atoms. The number of carbonyl (C=O) groups excluding carboxylic acids is 1. The molecule has 1 aliphatic heterocycles. The standard InChI is InChI=1S/C14H26N2O/c1-11(2)13-15-9-12(17)16(13)10-14(3)7-5-4-6-8-14/h11,13,15H,4-10H2,1-3H3. The van der Waals surface area contributed by atoms with Gasteiger partial charge in [0.1, 0.15) is 0 Å². The van der Waals surface area contributed by atoms with Crippen LogP contribution in [0.15, 0.2) is 0 Å². The predicted octanol–water partition coefficient (Wildman–Crippen LogP) is 2.37. The van der Waals surface area contributed by atoms with Crippen molar-refractivity contribution in [1.29, 1.82) is 0 Å². The molecule has 3 heteroatoms. The number of hydrogen-bond acceptors (Lipinski definition) is 2. The van der Waals surface area contributed by atoms with Gasteiger partial charge in [-0.3, -0.25) is 10.1 Å². The highest BCUT2D eigenvalue weighted by atomic mass is 16.2. The summed E-state index contributed by atoms with van der Waals surface area (Å²) in [6.07, 6.45) is 6.84. The third-order valence-electron chi connectivity index (χ3n) is 4.36. The molecule has 1 saturated heterocycles. The molecule has 2 rings (SSSR count). The lowest BCUT2D eigenvalue weighted by atomic mass is 9.75. The van der Waals surface area contributed by atoms with Gasteiger partial charge >= 0.3 is 0 Å². The number of nitrogens with one attached hydrogen (secondary N) is 1. The molecule has 0 aromatic heterocycles. The molecule has 0 aromatic carbocycles. The van der Waals surface area contributed by atoms with Crippen molar-refractivity contribution in [1.82, 2.24) is 10.2 Å². The van der Waals surface area contributed by atoms with Gasteiger partial charge in [0.05, 0.1) is 12.7 Å². The molecule has 0 radical (unpaired) electrons. The van der Waals surface area contributed by atoms with Crippen LogP contribution < -0.4 is 5.32 Å². The first-order valence-electron chi connectivity index (χ1n) is 7.05. The fourth-order valence-electron chi connectivity index (χ4n) is 3.32. The first-order chi connectivity index (χ1) is 8.02. The van der Waals surface area contributed by atoms with Gasteiger partial charge in [-0.05, 0) is 24.2 Å².